The second-order valence-electron chi connectivity index (χ2n) is 4.36. The van der Waals surface area contributed by atoms with Crippen LogP contribution in [-0.2, 0) is 4.79 Å². The number of hydrogen-bond donors (Lipinski definition) is 2. The minimum absolute atomic E-state index is 0.142. The summed E-state index contributed by atoms with van der Waals surface area (Å²) in [7, 11) is 0. The van der Waals surface area contributed by atoms with Crippen LogP contribution in [0.4, 0.5) is 0 Å². The number of carboxylic acid groups (broad SMARTS) is 1. The van der Waals surface area contributed by atoms with Gasteiger partial charge in [-0.05, 0) is 25.8 Å². The average molecular weight is 255 g/mol. The molecular weight excluding hydrogens is 238 g/mol. The molecule has 0 aliphatic heterocycles. The fraction of sp³-hybridized carbons (Fsp3) is 0.500. The first-order valence-electron chi connectivity index (χ1n) is 5.43. The summed E-state index contributed by atoms with van der Waals surface area (Å²) in [4.78, 5) is 24.9. The number of amides is 1. The van der Waals surface area contributed by atoms with Gasteiger partial charge in [0.15, 0.2) is 0 Å². The highest BCUT2D eigenvalue weighted by atomic mass is 32.1. The molecule has 0 spiro atoms. The summed E-state index contributed by atoms with van der Waals surface area (Å²) < 4.78 is 0. The van der Waals surface area contributed by atoms with Gasteiger partial charge >= 0.3 is 5.97 Å². The van der Waals surface area contributed by atoms with Crippen molar-refractivity contribution in [3.8, 4) is 0 Å². The van der Waals surface area contributed by atoms with Gasteiger partial charge in [-0.1, -0.05) is 13.8 Å². The number of carbonyl (C=O) groups excluding carboxylic acids is 1. The van der Waals surface area contributed by atoms with Gasteiger partial charge in [0.1, 0.15) is 6.04 Å². The first-order valence-corrected chi connectivity index (χ1v) is 6.25. The number of thiophene rings is 1. The lowest BCUT2D eigenvalue weighted by Gasteiger charge is -2.17. The van der Waals surface area contributed by atoms with Crippen LogP contribution in [0, 0.1) is 19.8 Å². The first kappa shape index (κ1) is 13.7. The Balaban J connectivity index is 2.85. The maximum atomic E-state index is 11.9. The van der Waals surface area contributed by atoms with E-state index in [1.165, 1.54) is 11.3 Å². The van der Waals surface area contributed by atoms with E-state index < -0.39 is 12.0 Å². The number of rotatable bonds is 4. The molecule has 4 nitrogen and oxygen atoms in total. The molecule has 1 rings (SSSR count). The van der Waals surface area contributed by atoms with Crippen LogP contribution in [0.15, 0.2) is 6.07 Å². The van der Waals surface area contributed by atoms with E-state index in [4.69, 9.17) is 5.11 Å². The van der Waals surface area contributed by atoms with Crippen LogP contribution in [0.2, 0.25) is 0 Å². The highest BCUT2D eigenvalue weighted by Gasteiger charge is 2.24. The fourth-order valence-electron chi connectivity index (χ4n) is 1.59. The maximum Gasteiger partial charge on any atom is 0.326 e. The van der Waals surface area contributed by atoms with Gasteiger partial charge in [0.25, 0.3) is 5.91 Å². The summed E-state index contributed by atoms with van der Waals surface area (Å²) in [6.45, 7) is 7.32. The average Bonchev–Trinajstić information content (AvgIpc) is 2.53. The molecule has 94 valence electrons. The van der Waals surface area contributed by atoms with Gasteiger partial charge < -0.3 is 10.4 Å². The second-order valence-corrected chi connectivity index (χ2v) is 5.82. The highest BCUT2D eigenvalue weighted by Crippen LogP contribution is 2.20. The Morgan fingerprint density at radius 3 is 2.29 bits per heavy atom. The van der Waals surface area contributed by atoms with Crippen LogP contribution in [0.1, 0.15) is 34.0 Å². The Hall–Kier alpha value is -1.36. The molecule has 0 bridgehead atoms. The predicted octanol–water partition coefficient (Wildman–Crippen LogP) is 2.20. The topological polar surface area (TPSA) is 66.4 Å². The Bertz CT molecular complexity index is 437. The number of aryl methyl sites for hydroxylation is 2. The lowest BCUT2D eigenvalue weighted by molar-refractivity contribution is -0.140. The summed E-state index contributed by atoms with van der Waals surface area (Å²) in [5.74, 6) is -1.46. The van der Waals surface area contributed by atoms with Crippen molar-refractivity contribution in [1.29, 1.82) is 0 Å². The van der Waals surface area contributed by atoms with Crippen LogP contribution < -0.4 is 5.32 Å². The Kier molecular flexibility index (Phi) is 4.28. The summed E-state index contributed by atoms with van der Waals surface area (Å²) >= 11 is 1.53. The zero-order valence-electron chi connectivity index (χ0n) is 10.4. The number of aliphatic carboxylic acids is 1. The van der Waals surface area contributed by atoms with E-state index in [-0.39, 0.29) is 11.8 Å². The van der Waals surface area contributed by atoms with Crippen molar-refractivity contribution in [2.45, 2.75) is 33.7 Å². The minimum Gasteiger partial charge on any atom is -0.480 e. The minimum atomic E-state index is -1.00. The summed E-state index contributed by atoms with van der Waals surface area (Å²) in [6, 6.07) is 0.941. The van der Waals surface area contributed by atoms with Gasteiger partial charge in [-0.3, -0.25) is 4.79 Å². The third-order valence-electron chi connectivity index (χ3n) is 2.50. The molecule has 0 fully saturated rings. The van der Waals surface area contributed by atoms with E-state index in [0.29, 0.717) is 5.56 Å². The first-order chi connectivity index (χ1) is 7.82. The molecule has 0 saturated heterocycles. The zero-order chi connectivity index (χ0) is 13.2. The summed E-state index contributed by atoms with van der Waals surface area (Å²) in [6.07, 6.45) is 0. The van der Waals surface area contributed by atoms with Crippen molar-refractivity contribution in [2.75, 3.05) is 0 Å². The maximum absolute atomic E-state index is 11.9. The highest BCUT2D eigenvalue weighted by molar-refractivity contribution is 7.12. The molecule has 0 unspecified atom stereocenters. The molecule has 5 heteroatoms. The van der Waals surface area contributed by atoms with Crippen molar-refractivity contribution in [3.63, 3.8) is 0 Å². The fourth-order valence-corrected chi connectivity index (χ4v) is 2.51. The van der Waals surface area contributed by atoms with Crippen molar-refractivity contribution >= 4 is 23.2 Å². The third kappa shape index (κ3) is 3.30. The third-order valence-corrected chi connectivity index (χ3v) is 3.47. The molecule has 2 N–H and O–H groups in total. The largest absolute Gasteiger partial charge is 0.480 e. The normalized spacial score (nSPS) is 12.5. The molecule has 1 atom stereocenters. The zero-order valence-corrected chi connectivity index (χ0v) is 11.2. The van der Waals surface area contributed by atoms with Gasteiger partial charge in [0.05, 0.1) is 5.56 Å². The van der Waals surface area contributed by atoms with Crippen LogP contribution in [0.25, 0.3) is 0 Å². The van der Waals surface area contributed by atoms with Crippen LogP contribution in [-0.4, -0.2) is 23.0 Å². The molecule has 0 aliphatic carbocycles. The van der Waals surface area contributed by atoms with E-state index in [9.17, 15) is 9.59 Å². The Morgan fingerprint density at radius 1 is 1.35 bits per heavy atom. The van der Waals surface area contributed by atoms with Gasteiger partial charge in [-0.15, -0.1) is 11.3 Å². The van der Waals surface area contributed by atoms with E-state index >= 15 is 0 Å². The predicted molar refractivity (Wildman–Crippen MR) is 67.5 cm³/mol. The van der Waals surface area contributed by atoms with Crippen molar-refractivity contribution in [2.24, 2.45) is 5.92 Å². The smallest absolute Gasteiger partial charge is 0.326 e. The molecule has 0 aromatic carbocycles. The molecule has 17 heavy (non-hydrogen) atoms. The number of carboxylic acids is 1. The quantitative estimate of drug-likeness (QED) is 0.866. The Labute approximate surface area is 105 Å². The molecule has 1 aromatic heterocycles. The number of carbonyl (C=O) groups is 2. The second kappa shape index (κ2) is 5.31. The van der Waals surface area contributed by atoms with Crippen LogP contribution in [0.3, 0.4) is 0 Å². The van der Waals surface area contributed by atoms with Gasteiger partial charge in [-0.25, -0.2) is 4.79 Å². The molecule has 0 radical (unpaired) electrons. The van der Waals surface area contributed by atoms with E-state index in [2.05, 4.69) is 5.32 Å². The molecule has 1 aromatic rings. The van der Waals surface area contributed by atoms with Crippen LogP contribution in [0.5, 0.6) is 0 Å². The Morgan fingerprint density at radius 2 is 1.94 bits per heavy atom. The summed E-state index contributed by atoms with van der Waals surface area (Å²) in [5.41, 5.74) is 0.569. The molecule has 1 amide bonds. The van der Waals surface area contributed by atoms with Crippen molar-refractivity contribution in [3.05, 3.63) is 21.4 Å². The summed E-state index contributed by atoms with van der Waals surface area (Å²) in [5, 5.41) is 11.6. The van der Waals surface area contributed by atoms with E-state index in [1.54, 1.807) is 19.9 Å². The standard InChI is InChI=1S/C12H17NO3S/c1-6(2)10(12(15)16)13-11(14)9-5-7(3)17-8(9)4/h5-6,10H,1-4H3,(H,13,14)(H,15,16)/t10-/m1/s1. The van der Waals surface area contributed by atoms with Crippen LogP contribution >= 0.6 is 11.3 Å². The number of nitrogens with one attached hydrogen (secondary N) is 1. The molecular formula is C12H17NO3S. The van der Waals surface area contributed by atoms with Crippen molar-refractivity contribution < 1.29 is 14.7 Å². The van der Waals surface area contributed by atoms with E-state index in [1.807, 2.05) is 13.8 Å². The molecule has 0 saturated carbocycles. The lowest BCUT2D eigenvalue weighted by Crippen LogP contribution is -2.44. The SMILES string of the molecule is Cc1cc(C(=O)N[C@@H](C(=O)O)C(C)C)c(C)s1. The van der Waals surface area contributed by atoms with Gasteiger partial charge in [-0.2, -0.15) is 0 Å². The van der Waals surface area contributed by atoms with Gasteiger partial charge in [0, 0.05) is 9.75 Å². The van der Waals surface area contributed by atoms with Crippen molar-refractivity contribution in [1.82, 2.24) is 5.32 Å². The monoisotopic (exact) mass is 255 g/mol. The lowest BCUT2D eigenvalue weighted by atomic mass is 10.0. The number of hydrogen-bond acceptors (Lipinski definition) is 3. The molecule has 1 heterocycles. The van der Waals surface area contributed by atoms with E-state index in [0.717, 1.165) is 9.75 Å². The van der Waals surface area contributed by atoms with Gasteiger partial charge in [0.2, 0.25) is 0 Å². The molecule has 0 aliphatic rings.